The quantitative estimate of drug-likeness (QED) is 0.161. The van der Waals surface area contributed by atoms with Crippen molar-refractivity contribution in [3.63, 3.8) is 0 Å². The minimum absolute atomic E-state index is 0.111. The average Bonchev–Trinajstić information content (AvgIpc) is 3.93. The summed E-state index contributed by atoms with van der Waals surface area (Å²) in [6.45, 7) is 0.0296. The van der Waals surface area contributed by atoms with Crippen molar-refractivity contribution in [2.75, 3.05) is 11.9 Å². The molecule has 0 radical (unpaired) electrons. The third-order valence-electron chi connectivity index (χ3n) is 7.34. The van der Waals surface area contributed by atoms with Gasteiger partial charge in [0.15, 0.2) is 5.69 Å². The number of benzene rings is 2. The van der Waals surface area contributed by atoms with Crippen LogP contribution in [-0.2, 0) is 19.3 Å². The zero-order valence-electron chi connectivity index (χ0n) is 23.5. The molecule has 4 aromatic rings. The molecule has 230 valence electrons. The van der Waals surface area contributed by atoms with E-state index >= 15 is 0 Å². The number of hydrogen-bond acceptors (Lipinski definition) is 7. The number of rotatable bonds is 11. The van der Waals surface area contributed by atoms with Gasteiger partial charge in [0.2, 0.25) is 5.88 Å². The maximum Gasteiger partial charge on any atom is 0.435 e. The standard InChI is InChI=1S/C31H27Cl2F3N4O3S/c1-40(15-17-5-7-19(8-6-17)30(41)39-44-20-11-12-20)24-13-14-25(37-29(24)31(34,35)36)42-16-21-27(38-43-28(21)18-9-10-18)26-22(32)3-2-4-23(26)33/h2-8,13-14,18,20H,9-12,15-16H2,1H3,(H,39,41). The van der Waals surface area contributed by atoms with Gasteiger partial charge in [-0.3, -0.25) is 9.52 Å². The van der Waals surface area contributed by atoms with Crippen LogP contribution in [0.5, 0.6) is 5.88 Å². The van der Waals surface area contributed by atoms with Crippen LogP contribution in [0.4, 0.5) is 18.9 Å². The van der Waals surface area contributed by atoms with Gasteiger partial charge in [0.05, 0.1) is 21.3 Å². The molecule has 2 aromatic carbocycles. The van der Waals surface area contributed by atoms with Gasteiger partial charge in [-0.2, -0.15) is 13.2 Å². The second-order valence-corrected chi connectivity index (χ2v) is 12.8. The number of nitrogens with zero attached hydrogens (tertiary/aromatic N) is 3. The summed E-state index contributed by atoms with van der Waals surface area (Å²) in [6.07, 6.45) is -0.728. The number of halogens is 5. The van der Waals surface area contributed by atoms with Crippen LogP contribution in [0.15, 0.2) is 59.1 Å². The predicted molar refractivity (Wildman–Crippen MR) is 164 cm³/mol. The average molecular weight is 664 g/mol. The number of hydrogen-bond donors (Lipinski definition) is 1. The first-order chi connectivity index (χ1) is 21.1. The fourth-order valence-corrected chi connectivity index (χ4v) is 6.07. The number of carbonyl (C=O) groups excluding carboxylic acids is 1. The van der Waals surface area contributed by atoms with E-state index in [-0.39, 0.29) is 36.5 Å². The fourth-order valence-electron chi connectivity index (χ4n) is 4.73. The van der Waals surface area contributed by atoms with Crippen molar-refractivity contribution in [2.45, 2.75) is 56.2 Å². The molecule has 0 unspecified atom stereocenters. The molecular formula is C31H27Cl2F3N4O3S. The van der Waals surface area contributed by atoms with Crippen LogP contribution >= 0.6 is 35.1 Å². The van der Waals surface area contributed by atoms with Gasteiger partial charge in [0.25, 0.3) is 5.91 Å². The van der Waals surface area contributed by atoms with Gasteiger partial charge < -0.3 is 14.2 Å². The first-order valence-corrected chi connectivity index (χ1v) is 15.6. The number of pyridine rings is 1. The van der Waals surface area contributed by atoms with Crippen LogP contribution in [-0.4, -0.2) is 28.3 Å². The van der Waals surface area contributed by atoms with Crippen molar-refractivity contribution >= 4 is 46.7 Å². The smallest absolute Gasteiger partial charge is 0.435 e. The monoisotopic (exact) mass is 662 g/mol. The number of nitrogens with one attached hydrogen (secondary N) is 1. The molecule has 2 aliphatic carbocycles. The van der Waals surface area contributed by atoms with Crippen molar-refractivity contribution in [1.29, 1.82) is 0 Å². The SMILES string of the molecule is CN(Cc1ccc(C(=O)NSC2CC2)cc1)c1ccc(OCc2c(-c3c(Cl)cccc3Cl)noc2C2CC2)nc1C(F)(F)F. The molecule has 44 heavy (non-hydrogen) atoms. The van der Waals surface area contributed by atoms with Gasteiger partial charge in [-0.15, -0.1) is 0 Å². The highest BCUT2D eigenvalue weighted by molar-refractivity contribution is 7.98. The normalized spacial score (nSPS) is 14.9. The Morgan fingerprint density at radius 3 is 2.41 bits per heavy atom. The number of alkyl halides is 3. The van der Waals surface area contributed by atoms with Crippen molar-refractivity contribution in [3.8, 4) is 17.1 Å². The van der Waals surface area contributed by atoms with Crippen LogP contribution < -0.4 is 14.4 Å². The molecule has 6 rings (SSSR count). The van der Waals surface area contributed by atoms with Crippen molar-refractivity contribution in [1.82, 2.24) is 14.9 Å². The number of ether oxygens (including phenoxy) is 1. The zero-order valence-corrected chi connectivity index (χ0v) is 25.8. The minimum Gasteiger partial charge on any atom is -0.473 e. The van der Waals surface area contributed by atoms with E-state index in [2.05, 4.69) is 14.9 Å². The van der Waals surface area contributed by atoms with E-state index < -0.39 is 11.9 Å². The molecule has 2 aromatic heterocycles. The summed E-state index contributed by atoms with van der Waals surface area (Å²) in [5.74, 6) is 0.357. The lowest BCUT2D eigenvalue weighted by Crippen LogP contribution is -2.22. The molecule has 0 spiro atoms. The van der Waals surface area contributed by atoms with Gasteiger partial charge in [-0.25, -0.2) is 4.98 Å². The second kappa shape index (κ2) is 12.5. The first kappa shape index (κ1) is 30.6. The third kappa shape index (κ3) is 6.95. The number of amides is 1. The number of aromatic nitrogens is 2. The van der Waals surface area contributed by atoms with Gasteiger partial charge >= 0.3 is 6.18 Å². The van der Waals surface area contributed by atoms with E-state index in [0.29, 0.717) is 43.4 Å². The lowest BCUT2D eigenvalue weighted by molar-refractivity contribution is -0.140. The Morgan fingerprint density at radius 2 is 1.77 bits per heavy atom. The Labute approximate surface area is 266 Å². The zero-order chi connectivity index (χ0) is 31.0. The summed E-state index contributed by atoms with van der Waals surface area (Å²) in [6, 6.07) is 14.6. The lowest BCUT2D eigenvalue weighted by Gasteiger charge is -2.23. The highest BCUT2D eigenvalue weighted by Gasteiger charge is 2.38. The van der Waals surface area contributed by atoms with Crippen LogP contribution in [0.25, 0.3) is 11.3 Å². The molecule has 13 heteroatoms. The highest BCUT2D eigenvalue weighted by atomic mass is 35.5. The summed E-state index contributed by atoms with van der Waals surface area (Å²) >= 11 is 14.2. The first-order valence-electron chi connectivity index (χ1n) is 14.0. The summed E-state index contributed by atoms with van der Waals surface area (Å²) in [5, 5.41) is 5.41. The van der Waals surface area contributed by atoms with Gasteiger partial charge in [-0.05, 0) is 73.5 Å². The van der Waals surface area contributed by atoms with Crippen molar-refractivity contribution in [2.24, 2.45) is 0 Å². The highest BCUT2D eigenvalue weighted by Crippen LogP contribution is 2.46. The van der Waals surface area contributed by atoms with E-state index in [1.165, 1.54) is 29.0 Å². The maximum atomic E-state index is 14.2. The molecule has 0 atom stereocenters. The minimum atomic E-state index is -4.74. The molecule has 1 N–H and O–H groups in total. The Kier molecular flexibility index (Phi) is 8.72. The topological polar surface area (TPSA) is 80.5 Å². The number of carbonyl (C=O) groups is 1. The molecule has 2 aliphatic rings. The van der Waals surface area contributed by atoms with Crippen molar-refractivity contribution < 1.29 is 27.2 Å². The summed E-state index contributed by atoms with van der Waals surface area (Å²) in [5.41, 5.74) is 1.46. The van der Waals surface area contributed by atoms with E-state index in [1.54, 1.807) is 49.5 Å². The van der Waals surface area contributed by atoms with Crippen LogP contribution in [0.2, 0.25) is 10.0 Å². The largest absolute Gasteiger partial charge is 0.473 e. The predicted octanol–water partition coefficient (Wildman–Crippen LogP) is 8.70. The Hall–Kier alpha value is -3.41. The van der Waals surface area contributed by atoms with E-state index in [9.17, 15) is 18.0 Å². The van der Waals surface area contributed by atoms with E-state index in [1.807, 2.05) is 0 Å². The Balaban J connectivity index is 1.19. The van der Waals surface area contributed by atoms with E-state index in [0.717, 1.165) is 31.2 Å². The molecule has 7 nitrogen and oxygen atoms in total. The molecular weight excluding hydrogens is 636 g/mol. The number of anilines is 1. The molecule has 0 aliphatic heterocycles. The summed E-state index contributed by atoms with van der Waals surface area (Å²) in [4.78, 5) is 17.6. The Morgan fingerprint density at radius 1 is 1.07 bits per heavy atom. The van der Waals surface area contributed by atoms with Crippen LogP contribution in [0.1, 0.15) is 64.5 Å². The third-order valence-corrected chi connectivity index (χ3v) is 9.08. The van der Waals surface area contributed by atoms with Crippen LogP contribution in [0, 0.1) is 0 Å². The fraction of sp³-hybridized carbons (Fsp3) is 0.323. The second-order valence-electron chi connectivity index (χ2n) is 10.8. The molecule has 1 amide bonds. The van der Waals surface area contributed by atoms with E-state index in [4.69, 9.17) is 32.5 Å². The lowest BCUT2D eigenvalue weighted by atomic mass is 10.0. The molecule has 0 saturated heterocycles. The molecule has 2 heterocycles. The van der Waals surface area contributed by atoms with Gasteiger partial charge in [0.1, 0.15) is 18.1 Å². The van der Waals surface area contributed by atoms with Gasteiger partial charge in [-0.1, -0.05) is 46.6 Å². The maximum absolute atomic E-state index is 14.2. The summed E-state index contributed by atoms with van der Waals surface area (Å²) in [7, 11) is 1.55. The van der Waals surface area contributed by atoms with Gasteiger partial charge in [0, 0.05) is 42.0 Å². The molecule has 0 bridgehead atoms. The van der Waals surface area contributed by atoms with Crippen molar-refractivity contribution in [3.05, 3.63) is 92.8 Å². The molecule has 2 saturated carbocycles. The van der Waals surface area contributed by atoms with Crippen LogP contribution in [0.3, 0.4) is 0 Å². The molecule has 2 fully saturated rings. The Bertz CT molecular complexity index is 1650. The summed E-state index contributed by atoms with van der Waals surface area (Å²) < 4.78 is 56.9.